The van der Waals surface area contributed by atoms with Crippen molar-refractivity contribution in [1.29, 1.82) is 0 Å². The van der Waals surface area contributed by atoms with Crippen LogP contribution in [0.3, 0.4) is 0 Å². The van der Waals surface area contributed by atoms with E-state index >= 15 is 0 Å². The van der Waals surface area contributed by atoms with Gasteiger partial charge in [0.05, 0.1) is 13.2 Å². The standard InChI is InChI=1S/C12H19N3O2/c1-13-9-5-3-4-6-10(9)17-12-7-11(16-2)14-8-15-12/h7-10,13H,3-6H2,1-2H3. The number of hydrogen-bond donors (Lipinski definition) is 1. The van der Waals surface area contributed by atoms with Gasteiger partial charge >= 0.3 is 0 Å². The second-order valence-electron chi connectivity index (χ2n) is 4.23. The molecular weight excluding hydrogens is 218 g/mol. The zero-order chi connectivity index (χ0) is 12.1. The molecule has 94 valence electrons. The van der Waals surface area contributed by atoms with Gasteiger partial charge in [0.2, 0.25) is 11.8 Å². The number of aromatic nitrogens is 2. The van der Waals surface area contributed by atoms with Crippen LogP contribution >= 0.6 is 0 Å². The van der Waals surface area contributed by atoms with Gasteiger partial charge in [0.25, 0.3) is 0 Å². The minimum Gasteiger partial charge on any atom is -0.481 e. The Morgan fingerprint density at radius 2 is 2.00 bits per heavy atom. The van der Waals surface area contributed by atoms with Crippen molar-refractivity contribution in [3.05, 3.63) is 12.4 Å². The fourth-order valence-electron chi connectivity index (χ4n) is 2.22. The lowest BCUT2D eigenvalue weighted by Crippen LogP contribution is -2.43. The van der Waals surface area contributed by atoms with E-state index in [0.29, 0.717) is 17.8 Å². The van der Waals surface area contributed by atoms with Crippen molar-refractivity contribution in [2.45, 2.75) is 37.8 Å². The first-order chi connectivity index (χ1) is 8.33. The van der Waals surface area contributed by atoms with Gasteiger partial charge in [-0.1, -0.05) is 6.42 Å². The molecule has 2 atom stereocenters. The van der Waals surface area contributed by atoms with Crippen LogP contribution in [0.1, 0.15) is 25.7 Å². The Bertz CT molecular complexity index is 359. The molecule has 1 aromatic rings. The molecule has 1 N–H and O–H groups in total. The van der Waals surface area contributed by atoms with Gasteiger partial charge in [0.1, 0.15) is 12.4 Å². The molecule has 5 heteroatoms. The minimum absolute atomic E-state index is 0.188. The first-order valence-corrected chi connectivity index (χ1v) is 6.03. The molecule has 1 heterocycles. The minimum atomic E-state index is 0.188. The first-order valence-electron chi connectivity index (χ1n) is 6.03. The maximum absolute atomic E-state index is 5.91. The SMILES string of the molecule is CNC1CCCCC1Oc1cc(OC)ncn1. The lowest BCUT2D eigenvalue weighted by atomic mass is 9.92. The fourth-order valence-corrected chi connectivity index (χ4v) is 2.22. The van der Waals surface area contributed by atoms with Crippen LogP contribution in [0.25, 0.3) is 0 Å². The van der Waals surface area contributed by atoms with Crippen molar-refractivity contribution in [2.24, 2.45) is 0 Å². The van der Waals surface area contributed by atoms with Crippen LogP contribution in [-0.4, -0.2) is 36.3 Å². The summed E-state index contributed by atoms with van der Waals surface area (Å²) in [4.78, 5) is 8.07. The monoisotopic (exact) mass is 237 g/mol. The second-order valence-corrected chi connectivity index (χ2v) is 4.23. The molecule has 1 aromatic heterocycles. The molecule has 2 rings (SSSR count). The number of hydrogen-bond acceptors (Lipinski definition) is 5. The Balaban J connectivity index is 2.02. The largest absolute Gasteiger partial charge is 0.481 e. The van der Waals surface area contributed by atoms with Crippen molar-refractivity contribution < 1.29 is 9.47 Å². The lowest BCUT2D eigenvalue weighted by Gasteiger charge is -2.31. The van der Waals surface area contributed by atoms with Crippen LogP contribution in [0, 0.1) is 0 Å². The van der Waals surface area contributed by atoms with Gasteiger partial charge in [-0.15, -0.1) is 0 Å². The molecular formula is C12H19N3O2. The molecule has 17 heavy (non-hydrogen) atoms. The summed E-state index contributed by atoms with van der Waals surface area (Å²) in [5.41, 5.74) is 0. The van der Waals surface area contributed by atoms with E-state index in [0.717, 1.165) is 12.8 Å². The van der Waals surface area contributed by atoms with Crippen LogP contribution in [-0.2, 0) is 0 Å². The zero-order valence-electron chi connectivity index (χ0n) is 10.3. The van der Waals surface area contributed by atoms with Crippen LogP contribution in [0.5, 0.6) is 11.8 Å². The Kier molecular flexibility index (Phi) is 4.14. The first kappa shape index (κ1) is 12.1. The van der Waals surface area contributed by atoms with E-state index in [2.05, 4.69) is 15.3 Å². The van der Waals surface area contributed by atoms with E-state index in [1.165, 1.54) is 19.2 Å². The molecule has 0 bridgehead atoms. The molecule has 0 amide bonds. The summed E-state index contributed by atoms with van der Waals surface area (Å²) in [6, 6.07) is 2.13. The Labute approximate surface area is 102 Å². The van der Waals surface area contributed by atoms with Crippen LogP contribution < -0.4 is 14.8 Å². The Morgan fingerprint density at radius 1 is 1.24 bits per heavy atom. The van der Waals surface area contributed by atoms with Gasteiger partial charge < -0.3 is 14.8 Å². The third-order valence-electron chi connectivity index (χ3n) is 3.17. The molecule has 5 nitrogen and oxygen atoms in total. The van der Waals surface area contributed by atoms with Gasteiger partial charge in [-0.25, -0.2) is 9.97 Å². The van der Waals surface area contributed by atoms with Gasteiger partial charge in [-0.3, -0.25) is 0 Å². The highest BCUT2D eigenvalue weighted by molar-refractivity contribution is 5.18. The van der Waals surface area contributed by atoms with Crippen LogP contribution in [0.2, 0.25) is 0 Å². The molecule has 0 spiro atoms. The highest BCUT2D eigenvalue weighted by Gasteiger charge is 2.25. The number of nitrogens with zero attached hydrogens (tertiary/aromatic N) is 2. The van der Waals surface area contributed by atoms with Gasteiger partial charge in [0, 0.05) is 6.04 Å². The van der Waals surface area contributed by atoms with E-state index in [1.54, 1.807) is 13.2 Å². The summed E-state index contributed by atoms with van der Waals surface area (Å²) >= 11 is 0. The molecule has 1 aliphatic rings. The Hall–Kier alpha value is -1.36. The van der Waals surface area contributed by atoms with Crippen molar-refractivity contribution in [3.8, 4) is 11.8 Å². The molecule has 1 saturated carbocycles. The lowest BCUT2D eigenvalue weighted by molar-refractivity contribution is 0.112. The average Bonchev–Trinajstić information content (AvgIpc) is 2.39. The summed E-state index contributed by atoms with van der Waals surface area (Å²) in [6.45, 7) is 0. The smallest absolute Gasteiger partial charge is 0.220 e. The summed E-state index contributed by atoms with van der Waals surface area (Å²) in [6.07, 6.45) is 6.35. The van der Waals surface area contributed by atoms with Gasteiger partial charge in [0.15, 0.2) is 0 Å². The summed E-state index contributed by atoms with van der Waals surface area (Å²) < 4.78 is 11.0. The van der Waals surface area contributed by atoms with E-state index in [1.807, 2.05) is 7.05 Å². The van der Waals surface area contributed by atoms with Crippen LogP contribution in [0.4, 0.5) is 0 Å². The third-order valence-corrected chi connectivity index (χ3v) is 3.17. The van der Waals surface area contributed by atoms with E-state index in [-0.39, 0.29) is 6.10 Å². The van der Waals surface area contributed by atoms with Crippen LogP contribution in [0.15, 0.2) is 12.4 Å². The normalized spacial score (nSPS) is 24.4. The van der Waals surface area contributed by atoms with Crippen molar-refractivity contribution in [1.82, 2.24) is 15.3 Å². The molecule has 1 fully saturated rings. The maximum Gasteiger partial charge on any atom is 0.220 e. The Morgan fingerprint density at radius 3 is 2.76 bits per heavy atom. The van der Waals surface area contributed by atoms with E-state index < -0.39 is 0 Å². The van der Waals surface area contributed by atoms with Gasteiger partial charge in [-0.2, -0.15) is 0 Å². The molecule has 0 aromatic carbocycles. The second kappa shape index (κ2) is 5.82. The molecule has 2 unspecified atom stereocenters. The fraction of sp³-hybridized carbons (Fsp3) is 0.667. The predicted molar refractivity (Wildman–Crippen MR) is 64.3 cm³/mol. The average molecular weight is 237 g/mol. The van der Waals surface area contributed by atoms with Crippen molar-refractivity contribution >= 4 is 0 Å². The number of ether oxygens (including phenoxy) is 2. The highest BCUT2D eigenvalue weighted by Crippen LogP contribution is 2.23. The number of nitrogens with one attached hydrogen (secondary N) is 1. The molecule has 1 aliphatic carbocycles. The summed E-state index contributed by atoms with van der Waals surface area (Å²) in [5.74, 6) is 1.12. The molecule has 0 saturated heterocycles. The third kappa shape index (κ3) is 3.06. The zero-order valence-corrected chi connectivity index (χ0v) is 10.3. The quantitative estimate of drug-likeness (QED) is 0.857. The van der Waals surface area contributed by atoms with Gasteiger partial charge in [-0.05, 0) is 26.3 Å². The number of likely N-dealkylation sites (N-methyl/N-ethyl adjacent to an activating group) is 1. The van der Waals surface area contributed by atoms with E-state index in [9.17, 15) is 0 Å². The molecule has 0 radical (unpaired) electrons. The molecule has 0 aliphatic heterocycles. The topological polar surface area (TPSA) is 56.3 Å². The van der Waals surface area contributed by atoms with E-state index in [4.69, 9.17) is 9.47 Å². The summed E-state index contributed by atoms with van der Waals surface area (Å²) in [7, 11) is 3.57. The maximum atomic E-state index is 5.91. The number of methoxy groups -OCH3 is 1. The highest BCUT2D eigenvalue weighted by atomic mass is 16.5. The van der Waals surface area contributed by atoms with Crippen molar-refractivity contribution in [2.75, 3.05) is 14.2 Å². The number of rotatable bonds is 4. The predicted octanol–water partition coefficient (Wildman–Crippen LogP) is 1.39. The summed E-state index contributed by atoms with van der Waals surface area (Å²) in [5, 5.41) is 3.30. The van der Waals surface area contributed by atoms with Crippen molar-refractivity contribution in [3.63, 3.8) is 0 Å².